The Labute approximate surface area is 130 Å². The van der Waals surface area contributed by atoms with E-state index in [0.29, 0.717) is 11.0 Å². The van der Waals surface area contributed by atoms with Crippen molar-refractivity contribution >= 4 is 41.9 Å². The van der Waals surface area contributed by atoms with E-state index in [-0.39, 0.29) is 23.5 Å². The van der Waals surface area contributed by atoms with Crippen LogP contribution < -0.4 is 0 Å². The molecular formula is C12H15Br2NO3S. The van der Waals surface area contributed by atoms with E-state index in [1.165, 1.54) is 4.31 Å². The van der Waals surface area contributed by atoms with Gasteiger partial charge in [0.25, 0.3) is 0 Å². The van der Waals surface area contributed by atoms with Gasteiger partial charge in [0.1, 0.15) is 0 Å². The zero-order chi connectivity index (χ0) is 14.2. The second-order valence-electron chi connectivity index (χ2n) is 4.71. The van der Waals surface area contributed by atoms with Gasteiger partial charge in [0.2, 0.25) is 10.0 Å². The summed E-state index contributed by atoms with van der Waals surface area (Å²) < 4.78 is 28.0. The van der Waals surface area contributed by atoms with Crippen molar-refractivity contribution in [3.05, 3.63) is 27.1 Å². The maximum Gasteiger partial charge on any atom is 0.244 e. The lowest BCUT2D eigenvalue weighted by Gasteiger charge is -2.25. The van der Waals surface area contributed by atoms with Crippen molar-refractivity contribution in [2.75, 3.05) is 13.2 Å². The van der Waals surface area contributed by atoms with Gasteiger partial charge in [-0.05, 0) is 46.5 Å². The van der Waals surface area contributed by atoms with Gasteiger partial charge in [0.05, 0.1) is 17.5 Å². The van der Waals surface area contributed by atoms with Crippen molar-refractivity contribution in [1.29, 1.82) is 0 Å². The summed E-state index contributed by atoms with van der Waals surface area (Å²) in [6.45, 7) is 2.28. The molecule has 0 saturated carbocycles. The van der Waals surface area contributed by atoms with E-state index in [1.54, 1.807) is 18.2 Å². The lowest BCUT2D eigenvalue weighted by Crippen LogP contribution is -2.39. The average molecular weight is 413 g/mol. The van der Waals surface area contributed by atoms with Crippen LogP contribution in [0, 0.1) is 5.92 Å². The molecule has 2 atom stereocenters. The number of hydrogen-bond donors (Lipinski definition) is 1. The smallest absolute Gasteiger partial charge is 0.244 e. The highest BCUT2D eigenvalue weighted by Gasteiger charge is 2.39. The second kappa shape index (κ2) is 5.81. The number of hydrogen-bond acceptors (Lipinski definition) is 3. The number of aliphatic hydroxyl groups excluding tert-OH is 1. The second-order valence-corrected chi connectivity index (χ2v) is 8.34. The van der Waals surface area contributed by atoms with Gasteiger partial charge in [-0.2, -0.15) is 4.31 Å². The fraction of sp³-hybridized carbons (Fsp3) is 0.500. The molecule has 0 spiro atoms. The largest absolute Gasteiger partial charge is 0.395 e. The maximum atomic E-state index is 12.7. The maximum absolute atomic E-state index is 12.7. The topological polar surface area (TPSA) is 57.6 Å². The fourth-order valence-corrected chi connectivity index (χ4v) is 5.79. The third kappa shape index (κ3) is 2.90. The van der Waals surface area contributed by atoms with Gasteiger partial charge in [-0.25, -0.2) is 8.42 Å². The highest BCUT2D eigenvalue weighted by molar-refractivity contribution is 9.11. The molecule has 2 unspecified atom stereocenters. The summed E-state index contributed by atoms with van der Waals surface area (Å²) in [4.78, 5) is 0.239. The molecule has 0 bridgehead atoms. The monoisotopic (exact) mass is 411 g/mol. The van der Waals surface area contributed by atoms with Crippen molar-refractivity contribution in [3.8, 4) is 0 Å². The summed E-state index contributed by atoms with van der Waals surface area (Å²) in [7, 11) is -3.57. The van der Waals surface area contributed by atoms with E-state index in [9.17, 15) is 13.5 Å². The summed E-state index contributed by atoms with van der Waals surface area (Å²) in [5.41, 5.74) is 0. The molecule has 2 rings (SSSR count). The highest BCUT2D eigenvalue weighted by Crippen LogP contribution is 2.33. The molecule has 4 nitrogen and oxygen atoms in total. The molecule has 1 aliphatic heterocycles. The average Bonchev–Trinajstić information content (AvgIpc) is 2.70. The van der Waals surface area contributed by atoms with Crippen LogP contribution in [0.5, 0.6) is 0 Å². The zero-order valence-corrected chi connectivity index (χ0v) is 14.4. The number of sulfonamides is 1. The molecule has 0 radical (unpaired) electrons. The summed E-state index contributed by atoms with van der Waals surface area (Å²) in [6, 6.07) is 4.65. The zero-order valence-electron chi connectivity index (χ0n) is 10.4. The lowest BCUT2D eigenvalue weighted by atomic mass is 10.0. The van der Waals surface area contributed by atoms with Crippen LogP contribution in [-0.4, -0.2) is 37.0 Å². The molecule has 1 heterocycles. The summed E-state index contributed by atoms with van der Waals surface area (Å²) in [6.07, 6.45) is 0.776. The molecule has 1 aromatic carbocycles. The molecule has 0 aromatic heterocycles. The van der Waals surface area contributed by atoms with Gasteiger partial charge >= 0.3 is 0 Å². The number of nitrogens with zero attached hydrogens (tertiary/aromatic N) is 1. The summed E-state index contributed by atoms with van der Waals surface area (Å²) in [5, 5.41) is 9.41. The lowest BCUT2D eigenvalue weighted by molar-refractivity contribution is 0.191. The molecule has 1 fully saturated rings. The van der Waals surface area contributed by atoms with Gasteiger partial charge in [-0.3, -0.25) is 0 Å². The van der Waals surface area contributed by atoms with E-state index in [1.807, 2.05) is 6.92 Å². The van der Waals surface area contributed by atoms with E-state index in [4.69, 9.17) is 0 Å². The summed E-state index contributed by atoms with van der Waals surface area (Å²) in [5.74, 6) is 0.175. The molecule has 106 valence electrons. The van der Waals surface area contributed by atoms with Crippen LogP contribution in [0.3, 0.4) is 0 Å². The first kappa shape index (κ1) is 15.4. The van der Waals surface area contributed by atoms with Crippen LogP contribution in [0.15, 0.2) is 32.0 Å². The molecule has 7 heteroatoms. The molecule has 1 saturated heterocycles. The van der Waals surface area contributed by atoms with Gasteiger partial charge in [0.15, 0.2) is 0 Å². The van der Waals surface area contributed by atoms with Gasteiger partial charge in [0, 0.05) is 15.5 Å². The Morgan fingerprint density at radius 2 is 2.11 bits per heavy atom. The Morgan fingerprint density at radius 3 is 2.68 bits per heavy atom. The minimum atomic E-state index is -3.57. The fourth-order valence-electron chi connectivity index (χ4n) is 2.35. The van der Waals surface area contributed by atoms with Crippen LogP contribution >= 0.6 is 31.9 Å². The normalized spacial score (nSPS) is 24.8. The molecular weight excluding hydrogens is 398 g/mol. The van der Waals surface area contributed by atoms with E-state index in [0.717, 1.165) is 10.9 Å². The Bertz CT molecular complexity index is 576. The quantitative estimate of drug-likeness (QED) is 0.829. The highest BCUT2D eigenvalue weighted by atomic mass is 79.9. The third-order valence-electron chi connectivity index (χ3n) is 3.50. The first-order chi connectivity index (χ1) is 8.87. The predicted molar refractivity (Wildman–Crippen MR) is 80.4 cm³/mol. The number of aliphatic hydroxyl groups is 1. The van der Waals surface area contributed by atoms with Crippen molar-refractivity contribution in [1.82, 2.24) is 4.31 Å². The van der Waals surface area contributed by atoms with E-state index in [2.05, 4.69) is 31.9 Å². The Kier molecular flexibility index (Phi) is 4.72. The number of benzene rings is 1. The van der Waals surface area contributed by atoms with Crippen LogP contribution in [0.1, 0.15) is 13.3 Å². The van der Waals surface area contributed by atoms with Gasteiger partial charge in [-0.15, -0.1) is 0 Å². The Balaban J connectivity index is 2.42. The molecule has 0 amide bonds. The van der Waals surface area contributed by atoms with Crippen LogP contribution in [0.25, 0.3) is 0 Å². The number of rotatable bonds is 3. The van der Waals surface area contributed by atoms with Crippen LogP contribution in [-0.2, 0) is 10.0 Å². The molecule has 1 aliphatic rings. The summed E-state index contributed by atoms with van der Waals surface area (Å²) >= 11 is 6.59. The number of halogens is 2. The van der Waals surface area contributed by atoms with Crippen molar-refractivity contribution in [2.45, 2.75) is 24.3 Å². The molecule has 0 aliphatic carbocycles. The first-order valence-corrected chi connectivity index (χ1v) is 8.98. The van der Waals surface area contributed by atoms with Crippen LogP contribution in [0.4, 0.5) is 0 Å². The molecule has 19 heavy (non-hydrogen) atoms. The molecule has 1 N–H and O–H groups in total. The first-order valence-electron chi connectivity index (χ1n) is 5.95. The van der Waals surface area contributed by atoms with Crippen LogP contribution in [0.2, 0.25) is 0 Å². The predicted octanol–water partition coefficient (Wildman–Crippen LogP) is 2.60. The van der Waals surface area contributed by atoms with E-state index >= 15 is 0 Å². The third-order valence-corrected chi connectivity index (χ3v) is 6.89. The Morgan fingerprint density at radius 1 is 1.42 bits per heavy atom. The van der Waals surface area contributed by atoms with E-state index < -0.39 is 10.0 Å². The van der Waals surface area contributed by atoms with Crippen molar-refractivity contribution in [3.63, 3.8) is 0 Å². The minimum absolute atomic E-state index is 0.144. The Hall–Kier alpha value is 0.0500. The molecule has 1 aromatic rings. The van der Waals surface area contributed by atoms with Crippen molar-refractivity contribution in [2.24, 2.45) is 5.92 Å². The van der Waals surface area contributed by atoms with Crippen molar-refractivity contribution < 1.29 is 13.5 Å². The SMILES string of the molecule is CC1CCN(S(=O)(=O)c2ccc(Br)cc2Br)C1CO. The standard InChI is InChI=1S/C12H15Br2NO3S/c1-8-4-5-15(11(8)7-16)19(17,18)12-3-2-9(13)6-10(12)14/h2-3,6,8,11,16H,4-5,7H2,1H3. The van der Waals surface area contributed by atoms with Gasteiger partial charge < -0.3 is 5.11 Å². The van der Waals surface area contributed by atoms with Gasteiger partial charge in [-0.1, -0.05) is 22.9 Å². The minimum Gasteiger partial charge on any atom is -0.395 e.